The predicted octanol–water partition coefficient (Wildman–Crippen LogP) is 2.76. The first kappa shape index (κ1) is 15.9. The van der Waals surface area contributed by atoms with Gasteiger partial charge in [0.15, 0.2) is 5.11 Å². The van der Waals surface area contributed by atoms with Gasteiger partial charge in [0, 0.05) is 19.0 Å². The lowest BCUT2D eigenvalue weighted by atomic mass is 9.95. The molecule has 0 N–H and O–H groups in total. The number of benzene rings is 2. The second-order valence-corrected chi connectivity index (χ2v) is 6.48. The van der Waals surface area contributed by atoms with Crippen molar-refractivity contribution in [2.24, 2.45) is 0 Å². The molecule has 1 saturated heterocycles. The molecule has 4 rings (SSSR count). The number of carbonyl (C=O) groups excluding carboxylic acids is 1. The number of methoxy groups -OCH3 is 2. The van der Waals surface area contributed by atoms with Gasteiger partial charge in [-0.3, -0.25) is 9.69 Å². The van der Waals surface area contributed by atoms with E-state index < -0.39 is 0 Å². The highest BCUT2D eigenvalue weighted by Crippen LogP contribution is 2.38. The third-order valence-electron chi connectivity index (χ3n) is 4.82. The Morgan fingerprint density at radius 1 is 1.08 bits per heavy atom. The maximum Gasteiger partial charge on any atom is 0.256 e. The largest absolute Gasteiger partial charge is 0.497 e. The molecule has 1 atom stereocenters. The molecule has 2 aliphatic heterocycles. The molecule has 2 heterocycles. The van der Waals surface area contributed by atoms with Crippen LogP contribution in [0.25, 0.3) is 0 Å². The molecule has 0 aliphatic carbocycles. The Balaban J connectivity index is 1.72. The van der Waals surface area contributed by atoms with E-state index in [1.165, 1.54) is 11.1 Å². The Bertz CT molecular complexity index is 824. The first-order chi connectivity index (χ1) is 12.1. The number of anilines is 1. The van der Waals surface area contributed by atoms with Crippen molar-refractivity contribution in [3.05, 3.63) is 53.6 Å². The van der Waals surface area contributed by atoms with E-state index in [-0.39, 0.29) is 11.9 Å². The summed E-state index contributed by atoms with van der Waals surface area (Å²) in [5, 5.41) is 0.521. The zero-order valence-corrected chi connectivity index (χ0v) is 14.9. The van der Waals surface area contributed by atoms with Crippen LogP contribution >= 0.6 is 12.2 Å². The average molecular weight is 354 g/mol. The molecule has 128 valence electrons. The van der Waals surface area contributed by atoms with Gasteiger partial charge >= 0.3 is 0 Å². The molecule has 0 radical (unpaired) electrons. The molecule has 25 heavy (non-hydrogen) atoms. The smallest absolute Gasteiger partial charge is 0.256 e. The molecular formula is C19H18N2O3S. The predicted molar refractivity (Wildman–Crippen MR) is 99.1 cm³/mol. The van der Waals surface area contributed by atoms with E-state index in [9.17, 15) is 4.79 Å². The summed E-state index contributed by atoms with van der Waals surface area (Å²) < 4.78 is 10.7. The van der Waals surface area contributed by atoms with E-state index in [0.29, 0.717) is 35.3 Å². The summed E-state index contributed by atoms with van der Waals surface area (Å²) in [6, 6.07) is 13.3. The average Bonchev–Trinajstić information content (AvgIpc) is 2.89. The Morgan fingerprint density at radius 2 is 1.84 bits per heavy atom. The zero-order chi connectivity index (χ0) is 17.6. The third kappa shape index (κ3) is 2.44. The fourth-order valence-electron chi connectivity index (χ4n) is 3.51. The van der Waals surface area contributed by atoms with Crippen LogP contribution in [0.15, 0.2) is 42.5 Å². The molecule has 1 amide bonds. The van der Waals surface area contributed by atoms with Crippen molar-refractivity contribution in [2.45, 2.75) is 19.0 Å². The number of rotatable bonds is 3. The Hall–Kier alpha value is -2.60. The van der Waals surface area contributed by atoms with Gasteiger partial charge in [-0.25, -0.2) is 0 Å². The standard InChI is InChI=1S/C19H18N2O3S/c1-23-14-7-8-15(17(10-14)24-2)21-18(22)16-9-12-5-3-4-6-13(12)11-20(16)19(21)25/h3-8,10,16H,9,11H2,1-2H3. The summed E-state index contributed by atoms with van der Waals surface area (Å²) in [6.45, 7) is 0.653. The second kappa shape index (κ2) is 6.04. The van der Waals surface area contributed by atoms with Crippen LogP contribution in [-0.2, 0) is 17.8 Å². The van der Waals surface area contributed by atoms with Crippen LogP contribution < -0.4 is 14.4 Å². The Labute approximate surface area is 151 Å². The summed E-state index contributed by atoms with van der Waals surface area (Å²) in [5.74, 6) is 1.22. The fraction of sp³-hybridized carbons (Fsp3) is 0.263. The number of carbonyl (C=O) groups is 1. The van der Waals surface area contributed by atoms with Gasteiger partial charge in [0.05, 0.1) is 19.9 Å². The maximum absolute atomic E-state index is 13.1. The molecule has 6 heteroatoms. The van der Waals surface area contributed by atoms with Gasteiger partial charge in [-0.05, 0) is 35.5 Å². The highest BCUT2D eigenvalue weighted by Gasteiger charge is 2.46. The van der Waals surface area contributed by atoms with Crippen molar-refractivity contribution in [3.8, 4) is 11.5 Å². The lowest BCUT2D eigenvalue weighted by Gasteiger charge is -2.30. The van der Waals surface area contributed by atoms with Gasteiger partial charge in [0.2, 0.25) is 0 Å². The van der Waals surface area contributed by atoms with E-state index in [1.807, 2.05) is 23.1 Å². The van der Waals surface area contributed by atoms with Gasteiger partial charge < -0.3 is 14.4 Å². The molecule has 0 spiro atoms. The summed E-state index contributed by atoms with van der Waals surface area (Å²) in [4.78, 5) is 16.7. The van der Waals surface area contributed by atoms with Gasteiger partial charge in [-0.15, -0.1) is 0 Å². The minimum atomic E-state index is -0.255. The molecule has 2 aromatic rings. The molecule has 1 unspecified atom stereocenters. The van der Waals surface area contributed by atoms with Gasteiger partial charge in [-0.2, -0.15) is 0 Å². The number of hydrogen-bond acceptors (Lipinski definition) is 4. The maximum atomic E-state index is 13.1. The van der Waals surface area contributed by atoms with Crippen LogP contribution in [0.2, 0.25) is 0 Å². The number of ether oxygens (including phenoxy) is 2. The molecule has 5 nitrogen and oxygen atoms in total. The van der Waals surface area contributed by atoms with Crippen LogP contribution in [0, 0.1) is 0 Å². The van der Waals surface area contributed by atoms with Crippen molar-refractivity contribution in [1.82, 2.24) is 4.90 Å². The number of nitrogens with zero attached hydrogens (tertiary/aromatic N) is 2. The summed E-state index contributed by atoms with van der Waals surface area (Å²) in [7, 11) is 3.17. The van der Waals surface area contributed by atoms with E-state index >= 15 is 0 Å². The highest BCUT2D eigenvalue weighted by atomic mass is 32.1. The van der Waals surface area contributed by atoms with Crippen LogP contribution in [0.5, 0.6) is 11.5 Å². The highest BCUT2D eigenvalue weighted by molar-refractivity contribution is 7.80. The van der Waals surface area contributed by atoms with E-state index in [2.05, 4.69) is 12.1 Å². The lowest BCUT2D eigenvalue weighted by Crippen LogP contribution is -2.39. The lowest BCUT2D eigenvalue weighted by molar-refractivity contribution is -0.120. The zero-order valence-electron chi connectivity index (χ0n) is 14.1. The first-order valence-electron chi connectivity index (χ1n) is 8.07. The number of amides is 1. The molecule has 2 aromatic carbocycles. The summed E-state index contributed by atoms with van der Waals surface area (Å²) >= 11 is 5.64. The monoisotopic (exact) mass is 354 g/mol. The van der Waals surface area contributed by atoms with Crippen LogP contribution in [0.1, 0.15) is 11.1 Å². The topological polar surface area (TPSA) is 42.0 Å². The van der Waals surface area contributed by atoms with Crippen molar-refractivity contribution < 1.29 is 14.3 Å². The van der Waals surface area contributed by atoms with Gasteiger partial charge in [0.1, 0.15) is 17.5 Å². The van der Waals surface area contributed by atoms with E-state index in [1.54, 1.807) is 31.3 Å². The van der Waals surface area contributed by atoms with Crippen LogP contribution in [-0.4, -0.2) is 36.2 Å². The van der Waals surface area contributed by atoms with Crippen molar-refractivity contribution in [2.75, 3.05) is 19.1 Å². The Kier molecular flexibility index (Phi) is 3.84. The molecular weight excluding hydrogens is 336 g/mol. The molecule has 1 fully saturated rings. The normalized spacial score (nSPS) is 18.9. The number of fused-ring (bicyclic) bond motifs is 2. The van der Waals surface area contributed by atoms with E-state index in [0.717, 1.165) is 0 Å². The summed E-state index contributed by atoms with van der Waals surface area (Å²) in [5.41, 5.74) is 3.08. The minimum absolute atomic E-state index is 0.0111. The fourth-order valence-corrected chi connectivity index (χ4v) is 3.89. The van der Waals surface area contributed by atoms with Crippen molar-refractivity contribution >= 4 is 28.9 Å². The molecule has 0 aromatic heterocycles. The van der Waals surface area contributed by atoms with Crippen LogP contribution in [0.3, 0.4) is 0 Å². The first-order valence-corrected chi connectivity index (χ1v) is 8.48. The van der Waals surface area contributed by atoms with Gasteiger partial charge in [0.25, 0.3) is 5.91 Å². The quantitative estimate of drug-likeness (QED) is 0.793. The third-order valence-corrected chi connectivity index (χ3v) is 5.24. The SMILES string of the molecule is COc1ccc(N2C(=O)C3Cc4ccccc4CN3C2=S)c(OC)c1. The molecule has 2 aliphatic rings. The molecule has 0 saturated carbocycles. The number of thiocarbonyl (C=S) groups is 1. The summed E-state index contributed by atoms with van der Waals surface area (Å²) in [6.07, 6.45) is 0.671. The Morgan fingerprint density at radius 3 is 2.56 bits per heavy atom. The minimum Gasteiger partial charge on any atom is -0.497 e. The van der Waals surface area contributed by atoms with Crippen molar-refractivity contribution in [1.29, 1.82) is 0 Å². The molecule has 0 bridgehead atoms. The van der Waals surface area contributed by atoms with E-state index in [4.69, 9.17) is 21.7 Å². The number of hydrogen-bond donors (Lipinski definition) is 0. The van der Waals surface area contributed by atoms with Crippen LogP contribution in [0.4, 0.5) is 5.69 Å². The van der Waals surface area contributed by atoms with Gasteiger partial charge in [-0.1, -0.05) is 24.3 Å². The second-order valence-electron chi connectivity index (χ2n) is 6.11. The van der Waals surface area contributed by atoms with Crippen molar-refractivity contribution in [3.63, 3.8) is 0 Å².